The second kappa shape index (κ2) is 10.1. The molecule has 1 saturated heterocycles. The number of carbonyl (C=O) groups is 2. The number of nitrogens with one attached hydrogen (secondary N) is 1. The summed E-state index contributed by atoms with van der Waals surface area (Å²) in [6.45, 7) is 1.30. The molecule has 1 atom stereocenters. The van der Waals surface area contributed by atoms with Crippen molar-refractivity contribution in [1.29, 1.82) is 0 Å². The fourth-order valence-electron chi connectivity index (χ4n) is 4.61. The van der Waals surface area contributed by atoms with Gasteiger partial charge in [-0.2, -0.15) is 4.31 Å². The molecule has 0 radical (unpaired) electrons. The van der Waals surface area contributed by atoms with Gasteiger partial charge in [-0.3, -0.25) is 14.5 Å². The fourth-order valence-corrected chi connectivity index (χ4v) is 6.31. The van der Waals surface area contributed by atoms with Gasteiger partial charge in [-0.1, -0.05) is 30.7 Å². The van der Waals surface area contributed by atoms with E-state index in [4.69, 9.17) is 10.5 Å². The Balaban J connectivity index is 1.52. The second-order valence-corrected chi connectivity index (χ2v) is 10.6. The lowest BCUT2D eigenvalue weighted by atomic mass is 9.93. The van der Waals surface area contributed by atoms with Crippen LogP contribution in [0.2, 0.25) is 0 Å². The standard InChI is InChI=1S/C24H30N4O5S/c1-33-21-10-9-19(14-22(21)34(31,32)28-11-5-2-6-12-28)26-23(29)16-27-15-18-8-4-3-7-17(18)13-20(27)24(25)30/h3-4,7-10,14,20H,2,5-6,11-13,15-16H2,1H3,(H2,25,30)(H,26,29)/t20-/m0/s1. The van der Waals surface area contributed by atoms with Crippen LogP contribution in [0.3, 0.4) is 0 Å². The number of amides is 2. The van der Waals surface area contributed by atoms with Crippen LogP contribution in [0.1, 0.15) is 30.4 Å². The Labute approximate surface area is 199 Å². The third kappa shape index (κ3) is 5.08. The number of hydrogen-bond donors (Lipinski definition) is 2. The highest BCUT2D eigenvalue weighted by Gasteiger charge is 2.32. The molecule has 4 rings (SSSR count). The van der Waals surface area contributed by atoms with E-state index in [2.05, 4.69) is 5.32 Å². The van der Waals surface area contributed by atoms with Crippen LogP contribution in [0, 0.1) is 0 Å². The molecule has 3 N–H and O–H groups in total. The van der Waals surface area contributed by atoms with Crippen molar-refractivity contribution in [2.24, 2.45) is 5.73 Å². The molecule has 0 aromatic heterocycles. The molecule has 2 aromatic carbocycles. The number of sulfonamides is 1. The Bertz CT molecular complexity index is 1180. The Morgan fingerprint density at radius 2 is 1.79 bits per heavy atom. The molecule has 2 amide bonds. The smallest absolute Gasteiger partial charge is 0.246 e. The lowest BCUT2D eigenvalue weighted by Gasteiger charge is -2.34. The van der Waals surface area contributed by atoms with E-state index in [0.717, 1.165) is 30.4 Å². The van der Waals surface area contributed by atoms with Gasteiger partial charge in [0, 0.05) is 25.3 Å². The number of carbonyl (C=O) groups excluding carboxylic acids is 2. The Kier molecular flexibility index (Phi) is 7.20. The number of anilines is 1. The van der Waals surface area contributed by atoms with Crippen molar-refractivity contribution in [1.82, 2.24) is 9.21 Å². The molecule has 2 aliphatic heterocycles. The van der Waals surface area contributed by atoms with Crippen LogP contribution >= 0.6 is 0 Å². The van der Waals surface area contributed by atoms with Crippen LogP contribution < -0.4 is 15.8 Å². The monoisotopic (exact) mass is 486 g/mol. The summed E-state index contributed by atoms with van der Waals surface area (Å²) in [7, 11) is -2.34. The van der Waals surface area contributed by atoms with Gasteiger partial charge >= 0.3 is 0 Å². The predicted octanol–water partition coefficient (Wildman–Crippen LogP) is 1.72. The van der Waals surface area contributed by atoms with Gasteiger partial charge < -0.3 is 15.8 Å². The van der Waals surface area contributed by atoms with Gasteiger partial charge in [-0.15, -0.1) is 0 Å². The van der Waals surface area contributed by atoms with Crippen molar-refractivity contribution < 1.29 is 22.7 Å². The van der Waals surface area contributed by atoms with Gasteiger partial charge in [0.25, 0.3) is 0 Å². The minimum absolute atomic E-state index is 0.0246. The first-order valence-corrected chi connectivity index (χ1v) is 12.8. The highest BCUT2D eigenvalue weighted by Crippen LogP contribution is 2.31. The van der Waals surface area contributed by atoms with E-state index in [1.165, 1.54) is 23.5 Å². The normalized spacial score (nSPS) is 19.3. The molecule has 9 nitrogen and oxygen atoms in total. The Hall–Kier alpha value is -2.95. The first-order chi connectivity index (χ1) is 16.3. The third-order valence-corrected chi connectivity index (χ3v) is 8.32. The minimum Gasteiger partial charge on any atom is -0.495 e. The molecule has 0 aliphatic carbocycles. The number of primary amides is 1. The summed E-state index contributed by atoms with van der Waals surface area (Å²) >= 11 is 0. The van der Waals surface area contributed by atoms with E-state index in [-0.39, 0.29) is 23.1 Å². The van der Waals surface area contributed by atoms with Gasteiger partial charge in [0.15, 0.2) is 0 Å². The highest BCUT2D eigenvalue weighted by molar-refractivity contribution is 7.89. The molecule has 34 heavy (non-hydrogen) atoms. The molecule has 0 bridgehead atoms. The number of piperidine rings is 1. The fraction of sp³-hybridized carbons (Fsp3) is 0.417. The molecule has 182 valence electrons. The average molecular weight is 487 g/mol. The number of methoxy groups -OCH3 is 1. The predicted molar refractivity (Wildman–Crippen MR) is 128 cm³/mol. The number of nitrogens with zero attached hydrogens (tertiary/aromatic N) is 2. The summed E-state index contributed by atoms with van der Waals surface area (Å²) < 4.78 is 33.2. The van der Waals surface area contributed by atoms with E-state index in [9.17, 15) is 18.0 Å². The van der Waals surface area contributed by atoms with Crippen molar-refractivity contribution in [3.63, 3.8) is 0 Å². The zero-order valence-electron chi connectivity index (χ0n) is 19.2. The number of nitrogens with two attached hydrogens (primary N) is 1. The molecule has 0 unspecified atom stereocenters. The van der Waals surface area contributed by atoms with Crippen LogP contribution in [0.15, 0.2) is 47.4 Å². The first kappa shape index (κ1) is 24.2. The molecule has 2 aliphatic rings. The summed E-state index contributed by atoms with van der Waals surface area (Å²) in [5, 5.41) is 2.77. The van der Waals surface area contributed by atoms with E-state index in [1.54, 1.807) is 11.0 Å². The number of benzene rings is 2. The summed E-state index contributed by atoms with van der Waals surface area (Å²) in [6, 6.07) is 11.7. The molecule has 2 aromatic rings. The van der Waals surface area contributed by atoms with E-state index < -0.39 is 22.0 Å². The summed E-state index contributed by atoms with van der Waals surface area (Å²) in [5.74, 6) is -0.621. The maximum absolute atomic E-state index is 13.2. The molecule has 10 heteroatoms. The summed E-state index contributed by atoms with van der Waals surface area (Å²) in [5.41, 5.74) is 8.05. The van der Waals surface area contributed by atoms with E-state index in [0.29, 0.717) is 31.7 Å². The molecular weight excluding hydrogens is 456 g/mol. The largest absolute Gasteiger partial charge is 0.495 e. The van der Waals surface area contributed by atoms with E-state index in [1.807, 2.05) is 24.3 Å². The van der Waals surface area contributed by atoms with Crippen molar-refractivity contribution in [2.75, 3.05) is 32.1 Å². The van der Waals surface area contributed by atoms with Gasteiger partial charge in [-0.05, 0) is 48.6 Å². The highest BCUT2D eigenvalue weighted by atomic mass is 32.2. The van der Waals surface area contributed by atoms with Crippen molar-refractivity contribution in [3.05, 3.63) is 53.6 Å². The third-order valence-electron chi connectivity index (χ3n) is 6.40. The summed E-state index contributed by atoms with van der Waals surface area (Å²) in [4.78, 5) is 26.7. The number of fused-ring (bicyclic) bond motifs is 1. The maximum atomic E-state index is 13.2. The molecule has 0 saturated carbocycles. The molecule has 1 fully saturated rings. The SMILES string of the molecule is COc1ccc(NC(=O)CN2Cc3ccccc3C[C@H]2C(N)=O)cc1S(=O)(=O)N1CCCCC1. The van der Waals surface area contributed by atoms with Gasteiger partial charge in [0.1, 0.15) is 10.6 Å². The van der Waals surface area contributed by atoms with Crippen LogP contribution in [0.4, 0.5) is 5.69 Å². The maximum Gasteiger partial charge on any atom is 0.246 e. The first-order valence-electron chi connectivity index (χ1n) is 11.4. The van der Waals surface area contributed by atoms with Crippen molar-refractivity contribution >= 4 is 27.5 Å². The zero-order valence-corrected chi connectivity index (χ0v) is 20.0. The molecular formula is C24H30N4O5S. The van der Waals surface area contributed by atoms with Crippen LogP contribution in [-0.2, 0) is 32.6 Å². The van der Waals surface area contributed by atoms with Crippen LogP contribution in [0.25, 0.3) is 0 Å². The minimum atomic E-state index is -3.76. The zero-order chi connectivity index (χ0) is 24.3. The number of ether oxygens (including phenoxy) is 1. The van der Waals surface area contributed by atoms with Crippen molar-refractivity contribution in [3.8, 4) is 5.75 Å². The quantitative estimate of drug-likeness (QED) is 0.615. The number of rotatable bonds is 7. The lowest BCUT2D eigenvalue weighted by Crippen LogP contribution is -2.50. The van der Waals surface area contributed by atoms with Crippen LogP contribution in [-0.4, -0.2) is 62.2 Å². The lowest BCUT2D eigenvalue weighted by molar-refractivity contribution is -0.125. The Morgan fingerprint density at radius 3 is 2.47 bits per heavy atom. The van der Waals surface area contributed by atoms with Gasteiger partial charge in [-0.25, -0.2) is 8.42 Å². The molecule has 0 spiro atoms. The van der Waals surface area contributed by atoms with Crippen molar-refractivity contribution in [2.45, 2.75) is 43.2 Å². The average Bonchev–Trinajstić information content (AvgIpc) is 2.84. The van der Waals surface area contributed by atoms with Crippen LogP contribution in [0.5, 0.6) is 5.75 Å². The molecule has 2 heterocycles. The van der Waals surface area contributed by atoms with Gasteiger partial charge in [0.05, 0.1) is 19.7 Å². The Morgan fingerprint density at radius 1 is 1.09 bits per heavy atom. The number of hydrogen-bond acceptors (Lipinski definition) is 6. The second-order valence-electron chi connectivity index (χ2n) is 8.67. The van der Waals surface area contributed by atoms with E-state index >= 15 is 0 Å². The van der Waals surface area contributed by atoms with Gasteiger partial charge in [0.2, 0.25) is 21.8 Å². The topological polar surface area (TPSA) is 122 Å². The summed E-state index contributed by atoms with van der Waals surface area (Å²) in [6.07, 6.45) is 3.09.